The maximum atomic E-state index is 11.5. The number of carbonyl (C=O) groups is 1. The molecule has 6 heteroatoms. The summed E-state index contributed by atoms with van der Waals surface area (Å²) in [6.07, 6.45) is 1.80. The zero-order valence-electron chi connectivity index (χ0n) is 10.0. The number of imidazole rings is 1. The molecule has 1 aromatic rings. The molecule has 1 unspecified atom stereocenters. The Labute approximate surface area is 101 Å². The number of rotatable bonds is 4. The van der Waals surface area contributed by atoms with E-state index < -0.39 is 0 Å². The molecule has 0 spiro atoms. The summed E-state index contributed by atoms with van der Waals surface area (Å²) in [7, 11) is 5.57. The molecule has 0 saturated heterocycles. The van der Waals surface area contributed by atoms with Crippen LogP contribution in [0.3, 0.4) is 0 Å². The van der Waals surface area contributed by atoms with Gasteiger partial charge in [-0.05, 0) is 18.5 Å². The van der Waals surface area contributed by atoms with Crippen LogP contribution in [-0.4, -0.2) is 24.4 Å². The average Bonchev–Trinajstić information content (AvgIpc) is 2.45. The molecule has 0 bridgehead atoms. The van der Waals surface area contributed by atoms with Gasteiger partial charge in [-0.25, -0.2) is 9.13 Å². The third kappa shape index (κ3) is 2.79. The predicted molar refractivity (Wildman–Crippen MR) is 63.0 cm³/mol. The van der Waals surface area contributed by atoms with Gasteiger partial charge in [0, 0.05) is 5.82 Å². The predicted octanol–water partition coefficient (Wildman–Crippen LogP) is 0.204. The molecule has 1 heterocycles. The first-order valence-corrected chi connectivity index (χ1v) is 5.57. The lowest BCUT2D eigenvalue weighted by Crippen LogP contribution is -2.51. The maximum Gasteiger partial charge on any atom is 0.301 e. The molecule has 0 aliphatic rings. The number of halogens is 1. The van der Waals surface area contributed by atoms with Gasteiger partial charge in [-0.15, -0.1) is 0 Å². The van der Waals surface area contributed by atoms with Crippen LogP contribution in [0.4, 0.5) is 0 Å². The van der Waals surface area contributed by atoms with Gasteiger partial charge in [0.1, 0.15) is 6.20 Å². The largest absolute Gasteiger partial charge is 0.466 e. The standard InChI is InChI=1S/C10H16BClN2O2/c1-5-16-9(15)7(2)11-10-13(3)6-8(12)14(10)4/h6-7H,5H2,1-4H3/q+1. The van der Waals surface area contributed by atoms with Gasteiger partial charge < -0.3 is 4.74 Å². The topological polar surface area (TPSA) is 35.1 Å². The quantitative estimate of drug-likeness (QED) is 0.430. The Morgan fingerprint density at radius 1 is 1.75 bits per heavy atom. The summed E-state index contributed by atoms with van der Waals surface area (Å²) in [5, 5.41) is 0.629. The second-order valence-corrected chi connectivity index (χ2v) is 4.07. The highest BCUT2D eigenvalue weighted by atomic mass is 35.5. The van der Waals surface area contributed by atoms with E-state index in [0.29, 0.717) is 11.8 Å². The number of hydrogen-bond acceptors (Lipinski definition) is 2. The van der Waals surface area contributed by atoms with Crippen molar-refractivity contribution in [3.63, 3.8) is 0 Å². The third-order valence-corrected chi connectivity index (χ3v) is 2.73. The van der Waals surface area contributed by atoms with Crippen LogP contribution in [0.15, 0.2) is 6.20 Å². The van der Waals surface area contributed by atoms with Crippen molar-refractivity contribution in [3.8, 4) is 0 Å². The second-order valence-electron chi connectivity index (χ2n) is 3.69. The van der Waals surface area contributed by atoms with E-state index in [9.17, 15) is 4.79 Å². The fourth-order valence-corrected chi connectivity index (χ4v) is 1.69. The number of hydrogen-bond donors (Lipinski definition) is 0. The molecule has 0 N–H and O–H groups in total. The Balaban J connectivity index is 2.76. The van der Waals surface area contributed by atoms with Gasteiger partial charge >= 0.3 is 5.97 Å². The van der Waals surface area contributed by atoms with E-state index in [0.717, 1.165) is 5.72 Å². The fraction of sp³-hybridized carbons (Fsp3) is 0.600. The second kappa shape index (κ2) is 5.39. The minimum Gasteiger partial charge on any atom is -0.466 e. The smallest absolute Gasteiger partial charge is 0.301 e. The molecule has 1 rings (SSSR count). The third-order valence-electron chi connectivity index (χ3n) is 2.38. The zero-order chi connectivity index (χ0) is 12.3. The van der Waals surface area contributed by atoms with Gasteiger partial charge in [0.25, 0.3) is 7.28 Å². The highest BCUT2D eigenvalue weighted by molar-refractivity contribution is 6.56. The van der Waals surface area contributed by atoms with E-state index in [4.69, 9.17) is 16.3 Å². The Morgan fingerprint density at radius 3 is 2.81 bits per heavy atom. The molecule has 0 amide bonds. The molecule has 1 radical (unpaired) electrons. The van der Waals surface area contributed by atoms with E-state index in [-0.39, 0.29) is 11.8 Å². The number of aromatic nitrogens is 2. The van der Waals surface area contributed by atoms with Crippen molar-refractivity contribution in [2.75, 3.05) is 6.61 Å². The van der Waals surface area contributed by atoms with Gasteiger partial charge in [-0.2, -0.15) is 0 Å². The van der Waals surface area contributed by atoms with Crippen molar-refractivity contribution >= 4 is 30.6 Å². The number of ether oxygens (including phenoxy) is 1. The van der Waals surface area contributed by atoms with Crippen molar-refractivity contribution in [2.45, 2.75) is 19.7 Å². The molecule has 0 fully saturated rings. The first-order chi connectivity index (χ1) is 7.47. The van der Waals surface area contributed by atoms with E-state index in [1.54, 1.807) is 20.0 Å². The number of aryl methyl sites for hydroxylation is 1. The molecular weight excluding hydrogens is 226 g/mol. The molecule has 0 aliphatic carbocycles. The molecule has 4 nitrogen and oxygen atoms in total. The van der Waals surface area contributed by atoms with Crippen LogP contribution in [-0.2, 0) is 23.6 Å². The van der Waals surface area contributed by atoms with Gasteiger partial charge in [0.15, 0.2) is 5.72 Å². The first-order valence-electron chi connectivity index (χ1n) is 5.19. The minimum absolute atomic E-state index is 0.222. The number of carbonyl (C=O) groups excluding carboxylic acids is 1. The minimum atomic E-state index is -0.282. The van der Waals surface area contributed by atoms with Gasteiger partial charge in [0.2, 0.25) is 5.15 Å². The van der Waals surface area contributed by atoms with E-state index in [2.05, 4.69) is 0 Å². The van der Waals surface area contributed by atoms with Crippen LogP contribution in [0.25, 0.3) is 0 Å². The summed E-state index contributed by atoms with van der Waals surface area (Å²) in [6, 6.07) is 0. The summed E-state index contributed by atoms with van der Waals surface area (Å²) in [4.78, 5) is 11.5. The average molecular weight is 243 g/mol. The molecule has 1 aromatic heterocycles. The molecule has 1 atom stereocenters. The highest BCUT2D eigenvalue weighted by Gasteiger charge is 2.25. The van der Waals surface area contributed by atoms with Crippen LogP contribution < -0.4 is 10.3 Å². The molecule has 0 aliphatic heterocycles. The Morgan fingerprint density at radius 2 is 2.38 bits per heavy atom. The first kappa shape index (κ1) is 13.1. The van der Waals surface area contributed by atoms with E-state index in [1.165, 1.54) is 0 Å². The van der Waals surface area contributed by atoms with Crippen molar-refractivity contribution in [1.82, 2.24) is 4.57 Å². The normalized spacial score (nSPS) is 12.3. The molecule has 87 valence electrons. The van der Waals surface area contributed by atoms with Crippen LogP contribution in [0.1, 0.15) is 13.8 Å². The van der Waals surface area contributed by atoms with Crippen molar-refractivity contribution in [1.29, 1.82) is 0 Å². The van der Waals surface area contributed by atoms with Crippen molar-refractivity contribution in [2.24, 2.45) is 14.1 Å². The Bertz CT molecular complexity index is 392. The molecule has 0 saturated carbocycles. The van der Waals surface area contributed by atoms with Crippen molar-refractivity contribution in [3.05, 3.63) is 11.3 Å². The summed E-state index contributed by atoms with van der Waals surface area (Å²) in [6.45, 7) is 4.00. The Hall–Kier alpha value is -0.965. The van der Waals surface area contributed by atoms with E-state index in [1.807, 2.05) is 30.5 Å². The molecule has 0 aromatic carbocycles. The maximum absolute atomic E-state index is 11.5. The monoisotopic (exact) mass is 242 g/mol. The van der Waals surface area contributed by atoms with Crippen molar-refractivity contribution < 1.29 is 14.1 Å². The summed E-state index contributed by atoms with van der Waals surface area (Å²) in [5.74, 6) is -0.504. The lowest BCUT2D eigenvalue weighted by molar-refractivity contribution is -0.653. The van der Waals surface area contributed by atoms with Crippen LogP contribution >= 0.6 is 11.6 Å². The summed E-state index contributed by atoms with van der Waals surface area (Å²) >= 11 is 5.96. The summed E-state index contributed by atoms with van der Waals surface area (Å²) in [5.41, 5.74) is 0.880. The lowest BCUT2D eigenvalue weighted by atomic mass is 9.64. The number of nitrogens with zero attached hydrogens (tertiary/aromatic N) is 2. The fourth-order valence-electron chi connectivity index (χ4n) is 1.45. The van der Waals surface area contributed by atoms with Crippen LogP contribution in [0, 0.1) is 0 Å². The van der Waals surface area contributed by atoms with Gasteiger partial charge in [-0.1, -0.05) is 6.92 Å². The highest BCUT2D eigenvalue weighted by Crippen LogP contribution is 2.06. The summed E-state index contributed by atoms with van der Waals surface area (Å²) < 4.78 is 8.63. The number of esters is 1. The Kier molecular flexibility index (Phi) is 4.41. The lowest BCUT2D eigenvalue weighted by Gasteiger charge is -2.07. The van der Waals surface area contributed by atoms with Crippen LogP contribution in [0.5, 0.6) is 0 Å². The van der Waals surface area contributed by atoms with Gasteiger partial charge in [-0.3, -0.25) is 4.79 Å². The van der Waals surface area contributed by atoms with Gasteiger partial charge in [0.05, 0.1) is 20.7 Å². The van der Waals surface area contributed by atoms with Crippen LogP contribution in [0.2, 0.25) is 11.0 Å². The van der Waals surface area contributed by atoms with E-state index >= 15 is 0 Å². The molecular formula is C10H16BClN2O2+. The zero-order valence-corrected chi connectivity index (χ0v) is 10.8. The molecule has 16 heavy (non-hydrogen) atoms. The SMILES string of the molecule is CCOC(=O)C(C)[B]c1n(C)c(Cl)c[n+]1C.